The van der Waals surface area contributed by atoms with Gasteiger partial charge >= 0.3 is 5.97 Å². The van der Waals surface area contributed by atoms with Gasteiger partial charge in [0.1, 0.15) is 6.61 Å². The predicted octanol–water partition coefficient (Wildman–Crippen LogP) is 3.96. The lowest BCUT2D eigenvalue weighted by atomic mass is 10.0. The van der Waals surface area contributed by atoms with E-state index in [0.717, 1.165) is 48.7 Å². The zero-order chi connectivity index (χ0) is 19.2. The minimum absolute atomic E-state index is 0.272. The lowest BCUT2D eigenvalue weighted by Crippen LogP contribution is -2.35. The van der Waals surface area contributed by atoms with Crippen LogP contribution in [0.25, 0.3) is 0 Å². The Morgan fingerprint density at radius 2 is 1.81 bits per heavy atom. The first kappa shape index (κ1) is 19.1. The first-order valence-corrected chi connectivity index (χ1v) is 9.23. The SMILES string of the molecule is Cc1ccc(COC(=O)c2cc(C)c(N=CN3CCOCC3)cc2C)cc1. The fourth-order valence-electron chi connectivity index (χ4n) is 2.91. The topological polar surface area (TPSA) is 51.1 Å². The van der Waals surface area contributed by atoms with Crippen molar-refractivity contribution in [3.05, 3.63) is 64.2 Å². The molecule has 0 radical (unpaired) electrons. The van der Waals surface area contributed by atoms with Crippen LogP contribution >= 0.6 is 0 Å². The first-order valence-electron chi connectivity index (χ1n) is 9.23. The molecule has 1 heterocycles. The van der Waals surface area contributed by atoms with E-state index in [4.69, 9.17) is 9.47 Å². The van der Waals surface area contributed by atoms with Crippen LogP contribution in [0.3, 0.4) is 0 Å². The van der Waals surface area contributed by atoms with Crippen molar-refractivity contribution in [1.29, 1.82) is 0 Å². The molecule has 3 rings (SSSR count). The zero-order valence-corrected chi connectivity index (χ0v) is 16.2. The van der Waals surface area contributed by atoms with Crippen LogP contribution in [0.4, 0.5) is 5.69 Å². The molecule has 0 unspecified atom stereocenters. The summed E-state index contributed by atoms with van der Waals surface area (Å²) in [6.07, 6.45) is 1.86. The molecule has 0 bridgehead atoms. The Labute approximate surface area is 160 Å². The van der Waals surface area contributed by atoms with Crippen LogP contribution in [-0.2, 0) is 16.1 Å². The van der Waals surface area contributed by atoms with E-state index in [9.17, 15) is 4.79 Å². The maximum atomic E-state index is 12.5. The summed E-state index contributed by atoms with van der Waals surface area (Å²) < 4.78 is 10.8. The predicted molar refractivity (Wildman–Crippen MR) is 107 cm³/mol. The maximum Gasteiger partial charge on any atom is 0.338 e. The molecule has 0 atom stereocenters. The average molecular weight is 366 g/mol. The minimum atomic E-state index is -0.306. The average Bonchev–Trinajstić information content (AvgIpc) is 2.68. The normalized spacial score (nSPS) is 14.6. The summed E-state index contributed by atoms with van der Waals surface area (Å²) in [6.45, 7) is 9.35. The molecule has 1 aliphatic heterocycles. The number of carbonyl (C=O) groups is 1. The fraction of sp³-hybridized carbons (Fsp3) is 0.364. The molecule has 0 saturated carbocycles. The third kappa shape index (κ3) is 5.17. The van der Waals surface area contributed by atoms with Crippen LogP contribution in [0.15, 0.2) is 41.4 Å². The monoisotopic (exact) mass is 366 g/mol. The van der Waals surface area contributed by atoms with E-state index >= 15 is 0 Å². The van der Waals surface area contributed by atoms with Crippen molar-refractivity contribution in [3.63, 3.8) is 0 Å². The van der Waals surface area contributed by atoms with Gasteiger partial charge in [-0.05, 0) is 49.6 Å². The van der Waals surface area contributed by atoms with Crippen LogP contribution in [-0.4, -0.2) is 43.5 Å². The van der Waals surface area contributed by atoms with E-state index < -0.39 is 0 Å². The molecule has 5 nitrogen and oxygen atoms in total. The number of hydrogen-bond acceptors (Lipinski definition) is 4. The Bertz CT molecular complexity index is 822. The van der Waals surface area contributed by atoms with Gasteiger partial charge in [-0.2, -0.15) is 0 Å². The number of esters is 1. The summed E-state index contributed by atoms with van der Waals surface area (Å²) in [4.78, 5) is 19.2. The van der Waals surface area contributed by atoms with Crippen molar-refractivity contribution in [3.8, 4) is 0 Å². The van der Waals surface area contributed by atoms with Gasteiger partial charge in [0, 0.05) is 13.1 Å². The summed E-state index contributed by atoms with van der Waals surface area (Å²) in [5.74, 6) is -0.306. The van der Waals surface area contributed by atoms with Crippen molar-refractivity contribution in [2.75, 3.05) is 26.3 Å². The van der Waals surface area contributed by atoms with Gasteiger partial charge in [-0.1, -0.05) is 29.8 Å². The Balaban J connectivity index is 1.66. The molecular weight excluding hydrogens is 340 g/mol. The molecule has 2 aromatic carbocycles. The van der Waals surface area contributed by atoms with Gasteiger partial charge in [0.15, 0.2) is 0 Å². The Hall–Kier alpha value is -2.66. The number of nitrogens with zero attached hydrogens (tertiary/aromatic N) is 2. The molecule has 2 aromatic rings. The second-order valence-corrected chi connectivity index (χ2v) is 6.91. The molecule has 0 aliphatic carbocycles. The van der Waals surface area contributed by atoms with Crippen molar-refractivity contribution in [1.82, 2.24) is 4.90 Å². The highest BCUT2D eigenvalue weighted by Gasteiger charge is 2.14. The maximum absolute atomic E-state index is 12.5. The van der Waals surface area contributed by atoms with Crippen molar-refractivity contribution in [2.45, 2.75) is 27.4 Å². The third-order valence-electron chi connectivity index (χ3n) is 4.66. The molecule has 0 amide bonds. The molecule has 142 valence electrons. The molecule has 27 heavy (non-hydrogen) atoms. The lowest BCUT2D eigenvalue weighted by molar-refractivity contribution is 0.0472. The lowest BCUT2D eigenvalue weighted by Gasteiger charge is -2.24. The number of benzene rings is 2. The molecule has 0 spiro atoms. The zero-order valence-electron chi connectivity index (χ0n) is 16.2. The Morgan fingerprint density at radius 1 is 1.11 bits per heavy atom. The van der Waals surface area contributed by atoms with Crippen LogP contribution in [0.1, 0.15) is 32.6 Å². The van der Waals surface area contributed by atoms with Crippen LogP contribution in [0, 0.1) is 20.8 Å². The number of rotatable bonds is 5. The molecule has 1 fully saturated rings. The largest absolute Gasteiger partial charge is 0.457 e. The highest BCUT2D eigenvalue weighted by atomic mass is 16.5. The summed E-state index contributed by atoms with van der Waals surface area (Å²) in [6, 6.07) is 11.8. The number of morpholine rings is 1. The van der Waals surface area contributed by atoms with E-state index in [1.807, 2.05) is 63.5 Å². The Kier molecular flexibility index (Phi) is 6.24. The van der Waals surface area contributed by atoms with Crippen LogP contribution < -0.4 is 0 Å². The van der Waals surface area contributed by atoms with Gasteiger partial charge in [-0.15, -0.1) is 0 Å². The first-order chi connectivity index (χ1) is 13.0. The van der Waals surface area contributed by atoms with Gasteiger partial charge in [0.25, 0.3) is 0 Å². The van der Waals surface area contributed by atoms with Gasteiger partial charge in [0.2, 0.25) is 0 Å². The van der Waals surface area contributed by atoms with E-state index in [-0.39, 0.29) is 12.6 Å². The minimum Gasteiger partial charge on any atom is -0.457 e. The Morgan fingerprint density at radius 3 is 2.52 bits per heavy atom. The fourth-order valence-corrected chi connectivity index (χ4v) is 2.91. The molecule has 0 N–H and O–H groups in total. The van der Waals surface area contributed by atoms with Crippen molar-refractivity contribution < 1.29 is 14.3 Å². The van der Waals surface area contributed by atoms with Gasteiger partial charge in [0.05, 0.1) is 30.8 Å². The smallest absolute Gasteiger partial charge is 0.338 e. The quantitative estimate of drug-likeness (QED) is 0.457. The number of carbonyl (C=O) groups excluding carboxylic acids is 1. The van der Waals surface area contributed by atoms with Gasteiger partial charge in [-0.25, -0.2) is 9.79 Å². The second-order valence-electron chi connectivity index (χ2n) is 6.91. The molecule has 1 saturated heterocycles. The highest BCUT2D eigenvalue weighted by molar-refractivity contribution is 5.92. The molecule has 0 aromatic heterocycles. The molecular formula is C22H26N2O3. The van der Waals surface area contributed by atoms with E-state index in [0.29, 0.717) is 5.56 Å². The number of aryl methyl sites for hydroxylation is 3. The van der Waals surface area contributed by atoms with Crippen LogP contribution in [0.5, 0.6) is 0 Å². The summed E-state index contributed by atoms with van der Waals surface area (Å²) >= 11 is 0. The van der Waals surface area contributed by atoms with Gasteiger partial charge in [-0.3, -0.25) is 0 Å². The summed E-state index contributed by atoms with van der Waals surface area (Å²) in [5, 5.41) is 0. The van der Waals surface area contributed by atoms with Crippen molar-refractivity contribution in [2.24, 2.45) is 4.99 Å². The van der Waals surface area contributed by atoms with E-state index in [1.165, 1.54) is 5.56 Å². The highest BCUT2D eigenvalue weighted by Crippen LogP contribution is 2.24. The van der Waals surface area contributed by atoms with E-state index in [1.54, 1.807) is 0 Å². The summed E-state index contributed by atoms with van der Waals surface area (Å²) in [7, 11) is 0. The van der Waals surface area contributed by atoms with Crippen molar-refractivity contribution >= 4 is 18.0 Å². The molecule has 5 heteroatoms. The number of aliphatic imine (C=N–C) groups is 1. The summed E-state index contributed by atoms with van der Waals surface area (Å²) in [5.41, 5.74) is 5.44. The van der Waals surface area contributed by atoms with Crippen LogP contribution in [0.2, 0.25) is 0 Å². The molecule has 1 aliphatic rings. The van der Waals surface area contributed by atoms with Gasteiger partial charge < -0.3 is 14.4 Å². The second kappa shape index (κ2) is 8.82. The standard InChI is InChI=1S/C22H26N2O3/c1-16-4-6-19(7-5-16)14-27-22(25)20-12-18(3)21(13-17(20)2)23-15-24-8-10-26-11-9-24/h4-7,12-13,15H,8-11,14H2,1-3H3. The third-order valence-corrected chi connectivity index (χ3v) is 4.66. The van der Waals surface area contributed by atoms with E-state index in [2.05, 4.69) is 9.89 Å². The number of ether oxygens (including phenoxy) is 2. The number of hydrogen-bond donors (Lipinski definition) is 0.